The van der Waals surface area contributed by atoms with Gasteiger partial charge in [-0.25, -0.2) is 28.4 Å². The summed E-state index contributed by atoms with van der Waals surface area (Å²) in [6.45, 7) is 2.00. The summed E-state index contributed by atoms with van der Waals surface area (Å²) in [6.07, 6.45) is 4.15. The van der Waals surface area contributed by atoms with Crippen LogP contribution in [-0.4, -0.2) is 30.9 Å². The Labute approximate surface area is 222 Å². The molecule has 1 saturated heterocycles. The number of anilines is 1. The van der Waals surface area contributed by atoms with Crippen LogP contribution in [0.2, 0.25) is 0 Å². The third-order valence-corrected chi connectivity index (χ3v) is 8.89. The summed E-state index contributed by atoms with van der Waals surface area (Å²) < 4.78 is 9.87. The highest BCUT2D eigenvalue weighted by molar-refractivity contribution is 6.24. The Morgan fingerprint density at radius 3 is 2.56 bits per heavy atom. The summed E-state index contributed by atoms with van der Waals surface area (Å²) in [6, 6.07) is 13.1. The number of allylic oxidation sites excluding steroid dienone is 3. The Bertz CT molecular complexity index is 1760. The van der Waals surface area contributed by atoms with Gasteiger partial charge in [0, 0.05) is 24.9 Å². The third-order valence-electron chi connectivity index (χ3n) is 8.89. The molecule has 10 heteroatoms. The molecule has 0 unspecified atom stereocenters. The lowest BCUT2D eigenvalue weighted by atomic mass is 9.56. The molecule has 1 aromatic heterocycles. The Morgan fingerprint density at radius 1 is 1.03 bits per heavy atom. The minimum Gasteiger partial charge on any atom is -0.508 e. The number of amides is 2. The molecule has 0 bridgehead atoms. The van der Waals surface area contributed by atoms with Gasteiger partial charge < -0.3 is 9.84 Å². The van der Waals surface area contributed by atoms with Crippen LogP contribution in [0.25, 0.3) is 0 Å². The van der Waals surface area contributed by atoms with Crippen LogP contribution in [-0.2, 0) is 29.6 Å². The number of phenols is 1. The van der Waals surface area contributed by atoms with Gasteiger partial charge in [0.15, 0.2) is 0 Å². The number of carbonyl (C=O) groups is 2. The lowest BCUT2D eigenvalue weighted by molar-refractivity contribution is -0.130. The first kappa shape index (κ1) is 23.5. The van der Waals surface area contributed by atoms with E-state index in [9.17, 15) is 24.3 Å². The molecule has 2 fully saturated rings. The topological polar surface area (TPSA) is 116 Å². The van der Waals surface area contributed by atoms with Gasteiger partial charge in [-0.1, -0.05) is 24.3 Å². The van der Waals surface area contributed by atoms with Gasteiger partial charge in [-0.2, -0.15) is 0 Å². The second-order valence-electron chi connectivity index (χ2n) is 10.9. The van der Waals surface area contributed by atoms with E-state index in [0.717, 1.165) is 21.3 Å². The lowest BCUT2D eigenvalue weighted by Gasteiger charge is -2.48. The molecule has 0 spiro atoms. The van der Waals surface area contributed by atoms with Crippen LogP contribution in [0, 0.1) is 17.3 Å². The normalized spacial score (nSPS) is 27.1. The Kier molecular flexibility index (Phi) is 4.79. The van der Waals surface area contributed by atoms with Crippen molar-refractivity contribution in [2.75, 3.05) is 4.90 Å². The fourth-order valence-corrected chi connectivity index (χ4v) is 7.04. The number of nitrogens with zero attached hydrogens (tertiary/aromatic N) is 4. The van der Waals surface area contributed by atoms with Gasteiger partial charge in [-0.15, -0.1) is 0 Å². The van der Waals surface area contributed by atoms with Gasteiger partial charge in [0.05, 0.1) is 35.9 Å². The first-order valence-corrected chi connectivity index (χ1v) is 12.9. The van der Waals surface area contributed by atoms with Crippen molar-refractivity contribution < 1.29 is 19.4 Å². The number of phenolic OH excluding ortho intramolecular Hbond substituents is 1. The molecular formula is C29H26N4O6. The molecule has 4 aliphatic rings. The smallest absolute Gasteiger partial charge is 0.347 e. The Morgan fingerprint density at radius 2 is 1.79 bits per heavy atom. The highest BCUT2D eigenvalue weighted by Gasteiger charge is 2.65. The summed E-state index contributed by atoms with van der Waals surface area (Å²) in [5.74, 6) is -1.23. The number of hydrogen-bond donors (Lipinski definition) is 1. The number of carbonyl (C=O) groups excluding carboxylic acids is 2. The van der Waals surface area contributed by atoms with Crippen LogP contribution in [0.4, 0.5) is 5.69 Å². The van der Waals surface area contributed by atoms with E-state index in [0.29, 0.717) is 17.9 Å². The zero-order chi connectivity index (χ0) is 27.2. The first-order valence-electron chi connectivity index (χ1n) is 12.9. The standard InChI is InChI=1S/C29H26N4O6/c1-29-21(25(35)32(26(29)36)18-6-4-3-5-7-18)14-22-20(10-11-31-27(37)30(2)28(38)33(22)31)24(29)17-12-16-13-19(34)8-9-23(16)39-15-17/h3-10,13,15,21-22,24,34H,11-12,14H2,1-2H3/t21-,22+,24-,29+/m0/s1. The number of ether oxygens (including phenoxy) is 1. The molecule has 1 aliphatic carbocycles. The van der Waals surface area contributed by atoms with Crippen molar-refractivity contribution in [3.8, 4) is 11.5 Å². The average molecular weight is 527 g/mol. The molecule has 39 heavy (non-hydrogen) atoms. The SMILES string of the molecule is Cn1c(=O)n2n(c1=O)[C@@H]1C[C@H]3C(=O)N(c4ccccc4)C(=O)[C@@]3(C)[C@@H](C3=COc4ccc(O)cc4C3)C1=CC2. The molecule has 7 rings (SSSR count). The van der Waals surface area contributed by atoms with Gasteiger partial charge in [-0.3, -0.25) is 9.59 Å². The van der Waals surface area contributed by atoms with Gasteiger partial charge >= 0.3 is 11.4 Å². The maximum atomic E-state index is 14.3. The van der Waals surface area contributed by atoms with E-state index < -0.39 is 34.7 Å². The molecule has 2 amide bonds. The predicted molar refractivity (Wildman–Crippen MR) is 140 cm³/mol. The first-order chi connectivity index (χ1) is 18.7. The zero-order valence-electron chi connectivity index (χ0n) is 21.4. The maximum Gasteiger partial charge on any atom is 0.347 e. The minimum absolute atomic E-state index is 0.100. The van der Waals surface area contributed by atoms with E-state index in [4.69, 9.17) is 4.74 Å². The maximum absolute atomic E-state index is 14.3. The summed E-state index contributed by atoms with van der Waals surface area (Å²) in [5, 5.41) is 10.1. The van der Waals surface area contributed by atoms with E-state index in [1.165, 1.54) is 21.3 Å². The van der Waals surface area contributed by atoms with E-state index >= 15 is 0 Å². The van der Waals surface area contributed by atoms with Crippen LogP contribution in [0.5, 0.6) is 11.5 Å². The molecule has 10 nitrogen and oxygen atoms in total. The van der Waals surface area contributed by atoms with Gasteiger partial charge in [0.2, 0.25) is 11.8 Å². The quantitative estimate of drug-likeness (QED) is 0.405. The monoisotopic (exact) mass is 526 g/mol. The molecule has 0 radical (unpaired) electrons. The van der Waals surface area contributed by atoms with Crippen LogP contribution in [0.15, 0.2) is 81.6 Å². The van der Waals surface area contributed by atoms with Crippen molar-refractivity contribution >= 4 is 17.5 Å². The molecular weight excluding hydrogens is 500 g/mol. The number of aromatic nitrogens is 3. The lowest BCUT2D eigenvalue weighted by Crippen LogP contribution is -2.51. The van der Waals surface area contributed by atoms with Crippen LogP contribution < -0.4 is 21.0 Å². The molecule has 2 aromatic carbocycles. The minimum atomic E-state index is -1.15. The molecule has 3 aliphatic heterocycles. The summed E-state index contributed by atoms with van der Waals surface area (Å²) >= 11 is 0. The van der Waals surface area contributed by atoms with Crippen molar-refractivity contribution in [2.45, 2.75) is 32.4 Å². The van der Waals surface area contributed by atoms with Crippen molar-refractivity contribution in [3.63, 3.8) is 0 Å². The molecule has 4 atom stereocenters. The zero-order valence-corrected chi connectivity index (χ0v) is 21.4. The van der Waals surface area contributed by atoms with Crippen LogP contribution >= 0.6 is 0 Å². The highest BCUT2D eigenvalue weighted by atomic mass is 16.5. The van der Waals surface area contributed by atoms with Crippen molar-refractivity contribution in [3.05, 3.63) is 98.5 Å². The van der Waals surface area contributed by atoms with Crippen molar-refractivity contribution in [1.29, 1.82) is 0 Å². The number of para-hydroxylation sites is 1. The van der Waals surface area contributed by atoms with Crippen molar-refractivity contribution in [2.24, 2.45) is 24.3 Å². The van der Waals surface area contributed by atoms with Gasteiger partial charge in [0.1, 0.15) is 11.5 Å². The summed E-state index contributed by atoms with van der Waals surface area (Å²) in [7, 11) is 1.44. The molecule has 3 aromatic rings. The van der Waals surface area contributed by atoms with E-state index in [-0.39, 0.29) is 30.5 Å². The third kappa shape index (κ3) is 3.02. The largest absolute Gasteiger partial charge is 0.508 e. The number of rotatable bonds is 2. The highest BCUT2D eigenvalue weighted by Crippen LogP contribution is 2.60. The average Bonchev–Trinajstić information content (AvgIpc) is 3.28. The van der Waals surface area contributed by atoms with Gasteiger partial charge in [-0.05, 0) is 54.8 Å². The molecule has 4 heterocycles. The van der Waals surface area contributed by atoms with Gasteiger partial charge in [0.25, 0.3) is 0 Å². The fraction of sp³-hybridized carbons (Fsp3) is 0.310. The van der Waals surface area contributed by atoms with E-state index in [2.05, 4.69) is 0 Å². The van der Waals surface area contributed by atoms with Crippen LogP contribution in [0.3, 0.4) is 0 Å². The van der Waals surface area contributed by atoms with Crippen LogP contribution in [0.1, 0.15) is 24.9 Å². The number of hydrogen-bond acceptors (Lipinski definition) is 6. The van der Waals surface area contributed by atoms with E-state index in [1.807, 2.05) is 19.1 Å². The number of benzene rings is 2. The Balaban J connectivity index is 1.42. The Hall–Kier alpha value is -4.60. The predicted octanol–water partition coefficient (Wildman–Crippen LogP) is 2.27. The molecule has 1 N–H and O–H groups in total. The summed E-state index contributed by atoms with van der Waals surface area (Å²) in [4.78, 5) is 55.6. The number of aromatic hydroxyl groups is 1. The fourth-order valence-electron chi connectivity index (χ4n) is 7.04. The molecule has 198 valence electrons. The number of imide groups is 1. The van der Waals surface area contributed by atoms with Crippen molar-refractivity contribution in [1.82, 2.24) is 13.9 Å². The second-order valence-corrected chi connectivity index (χ2v) is 10.9. The molecule has 1 saturated carbocycles. The number of fused-ring (bicyclic) bond motifs is 5. The van der Waals surface area contributed by atoms with E-state index in [1.54, 1.807) is 48.7 Å². The summed E-state index contributed by atoms with van der Waals surface area (Å²) in [5.41, 5.74) is 0.805. The second kappa shape index (κ2) is 7.95.